The molecule has 4 atom stereocenters. The SMILES string of the molecule is CC[C@@]12CN(OC)[C@@H]([C@H](n3ccc(N)nc3=O)O1)[C@@H]2O[Si](C)(C)C(C)(C)C. The van der Waals surface area contributed by atoms with Gasteiger partial charge in [0.2, 0.25) is 0 Å². The minimum Gasteiger partial charge on any atom is -0.409 e. The number of ether oxygens (including phenoxy) is 1. The Kier molecular flexibility index (Phi) is 5.05. The normalized spacial score (nSPS) is 31.6. The van der Waals surface area contributed by atoms with E-state index in [0.29, 0.717) is 6.54 Å². The van der Waals surface area contributed by atoms with Crippen LogP contribution in [0, 0.1) is 0 Å². The van der Waals surface area contributed by atoms with E-state index in [9.17, 15) is 4.79 Å². The lowest BCUT2D eigenvalue weighted by Crippen LogP contribution is -2.51. The average Bonchev–Trinajstić information content (AvgIpc) is 3.02. The maximum Gasteiger partial charge on any atom is 0.351 e. The Morgan fingerprint density at radius 3 is 2.63 bits per heavy atom. The van der Waals surface area contributed by atoms with Crippen molar-refractivity contribution in [1.82, 2.24) is 14.6 Å². The van der Waals surface area contributed by atoms with Gasteiger partial charge in [-0.05, 0) is 30.6 Å². The molecule has 0 spiro atoms. The van der Waals surface area contributed by atoms with Crippen molar-refractivity contribution < 1.29 is 14.0 Å². The lowest BCUT2D eigenvalue weighted by Gasteiger charge is -2.41. The van der Waals surface area contributed by atoms with Gasteiger partial charge >= 0.3 is 5.69 Å². The van der Waals surface area contributed by atoms with Crippen LogP contribution in [0.2, 0.25) is 18.1 Å². The number of nitrogen functional groups attached to an aromatic ring is 1. The Balaban J connectivity index is 2.03. The highest BCUT2D eigenvalue weighted by molar-refractivity contribution is 6.74. The van der Waals surface area contributed by atoms with Gasteiger partial charge < -0.3 is 19.7 Å². The van der Waals surface area contributed by atoms with Crippen LogP contribution >= 0.6 is 0 Å². The molecule has 2 bridgehead atoms. The summed E-state index contributed by atoms with van der Waals surface area (Å²) >= 11 is 0. The van der Waals surface area contributed by atoms with Crippen molar-refractivity contribution in [2.45, 2.75) is 76.2 Å². The third-order valence-electron chi connectivity index (χ3n) is 6.42. The summed E-state index contributed by atoms with van der Waals surface area (Å²) in [6, 6.07) is 1.38. The summed E-state index contributed by atoms with van der Waals surface area (Å²) in [6.07, 6.45) is 1.68. The van der Waals surface area contributed by atoms with Crippen molar-refractivity contribution in [3.63, 3.8) is 0 Å². The molecule has 0 aromatic carbocycles. The first kappa shape index (κ1) is 20.5. The summed E-state index contributed by atoms with van der Waals surface area (Å²) < 4.78 is 14.8. The van der Waals surface area contributed by atoms with Gasteiger partial charge in [0.15, 0.2) is 14.5 Å². The Hall–Kier alpha value is -1.26. The van der Waals surface area contributed by atoms with E-state index in [1.165, 1.54) is 4.57 Å². The fourth-order valence-electron chi connectivity index (χ4n) is 3.72. The molecular formula is C18H32N4O4Si. The number of hydrogen-bond acceptors (Lipinski definition) is 7. The molecule has 0 radical (unpaired) electrons. The number of rotatable bonds is 5. The van der Waals surface area contributed by atoms with Crippen LogP contribution in [0.5, 0.6) is 0 Å². The number of aromatic nitrogens is 2. The topological polar surface area (TPSA) is 91.8 Å². The van der Waals surface area contributed by atoms with Gasteiger partial charge in [0.1, 0.15) is 17.5 Å². The van der Waals surface area contributed by atoms with Gasteiger partial charge in [-0.25, -0.2) is 4.79 Å². The minimum atomic E-state index is -2.06. The summed E-state index contributed by atoms with van der Waals surface area (Å²) in [4.78, 5) is 21.9. The number of anilines is 1. The van der Waals surface area contributed by atoms with E-state index in [-0.39, 0.29) is 23.0 Å². The van der Waals surface area contributed by atoms with Crippen LogP contribution in [0.1, 0.15) is 40.3 Å². The summed E-state index contributed by atoms with van der Waals surface area (Å²) in [6.45, 7) is 13.8. The molecule has 1 aromatic rings. The fourth-order valence-corrected chi connectivity index (χ4v) is 5.07. The van der Waals surface area contributed by atoms with Crippen LogP contribution in [0.15, 0.2) is 17.1 Å². The van der Waals surface area contributed by atoms with Crippen molar-refractivity contribution in [2.24, 2.45) is 0 Å². The van der Waals surface area contributed by atoms with Crippen LogP contribution in [0.25, 0.3) is 0 Å². The van der Waals surface area contributed by atoms with Crippen molar-refractivity contribution in [3.8, 4) is 0 Å². The van der Waals surface area contributed by atoms with E-state index in [2.05, 4.69) is 45.8 Å². The van der Waals surface area contributed by atoms with Crippen molar-refractivity contribution >= 4 is 14.1 Å². The minimum absolute atomic E-state index is 0.0664. The predicted molar refractivity (Wildman–Crippen MR) is 106 cm³/mol. The molecule has 2 aliphatic rings. The number of hydroxylamine groups is 2. The van der Waals surface area contributed by atoms with E-state index < -0.39 is 25.8 Å². The Morgan fingerprint density at radius 2 is 2.11 bits per heavy atom. The lowest BCUT2D eigenvalue weighted by molar-refractivity contribution is -0.235. The smallest absolute Gasteiger partial charge is 0.351 e. The first-order valence-electron chi connectivity index (χ1n) is 9.47. The summed E-state index contributed by atoms with van der Waals surface area (Å²) in [5, 5.41) is 1.95. The molecule has 2 saturated heterocycles. The van der Waals surface area contributed by atoms with E-state index >= 15 is 0 Å². The molecule has 2 N–H and O–H groups in total. The van der Waals surface area contributed by atoms with Gasteiger partial charge in [0.25, 0.3) is 0 Å². The number of hydrogen-bond donors (Lipinski definition) is 1. The molecule has 3 rings (SSSR count). The predicted octanol–water partition coefficient (Wildman–Crippen LogP) is 2.14. The van der Waals surface area contributed by atoms with Gasteiger partial charge in [0, 0.05) is 6.20 Å². The van der Waals surface area contributed by atoms with Gasteiger partial charge in [-0.15, -0.1) is 0 Å². The van der Waals surface area contributed by atoms with Crippen LogP contribution < -0.4 is 11.4 Å². The molecule has 9 heteroatoms. The molecule has 0 unspecified atom stereocenters. The molecule has 27 heavy (non-hydrogen) atoms. The van der Waals surface area contributed by atoms with E-state index in [4.69, 9.17) is 19.7 Å². The van der Waals surface area contributed by atoms with E-state index in [1.807, 2.05) is 5.06 Å². The van der Waals surface area contributed by atoms with Gasteiger partial charge in [-0.3, -0.25) is 4.57 Å². The standard InChI is InChI=1S/C18H32N4O4Si/c1-8-18-11-22(24-5)13(14(18)26-27(6,7)17(2,3)4)15(25-18)21-10-9-12(19)20-16(21)23/h9-10,13-15H,8,11H2,1-7H3,(H2,19,20,23)/t13-,14+,15-,18+/m1/s1. The van der Waals surface area contributed by atoms with Crippen LogP contribution in [-0.4, -0.2) is 54.3 Å². The van der Waals surface area contributed by atoms with Crippen LogP contribution in [-0.2, 0) is 14.0 Å². The number of nitrogens with two attached hydrogens (primary N) is 1. The zero-order valence-corrected chi connectivity index (χ0v) is 18.4. The highest BCUT2D eigenvalue weighted by atomic mass is 28.4. The highest BCUT2D eigenvalue weighted by Crippen LogP contribution is 2.51. The lowest BCUT2D eigenvalue weighted by atomic mass is 9.96. The Bertz CT molecular complexity index is 762. The molecule has 152 valence electrons. The van der Waals surface area contributed by atoms with Crippen molar-refractivity contribution in [1.29, 1.82) is 0 Å². The van der Waals surface area contributed by atoms with Gasteiger partial charge in [-0.1, -0.05) is 27.7 Å². The van der Waals surface area contributed by atoms with Crippen molar-refractivity contribution in [3.05, 3.63) is 22.7 Å². The van der Waals surface area contributed by atoms with Crippen LogP contribution in [0.3, 0.4) is 0 Å². The molecule has 1 aromatic heterocycles. The van der Waals surface area contributed by atoms with E-state index in [0.717, 1.165) is 6.42 Å². The summed E-state index contributed by atoms with van der Waals surface area (Å²) in [7, 11) is -0.410. The molecule has 3 heterocycles. The summed E-state index contributed by atoms with van der Waals surface area (Å²) in [5.74, 6) is 0.197. The molecule has 8 nitrogen and oxygen atoms in total. The molecule has 2 fully saturated rings. The third kappa shape index (κ3) is 3.25. The Labute approximate surface area is 161 Å². The molecule has 0 amide bonds. The second-order valence-corrected chi connectivity index (χ2v) is 13.8. The first-order valence-corrected chi connectivity index (χ1v) is 12.4. The molecule has 0 aliphatic carbocycles. The molecule has 0 saturated carbocycles. The van der Waals surface area contributed by atoms with Crippen LogP contribution in [0.4, 0.5) is 5.82 Å². The fraction of sp³-hybridized carbons (Fsp3) is 0.778. The third-order valence-corrected chi connectivity index (χ3v) is 10.9. The van der Waals surface area contributed by atoms with E-state index in [1.54, 1.807) is 19.4 Å². The maximum atomic E-state index is 12.4. The van der Waals surface area contributed by atoms with Crippen molar-refractivity contribution in [2.75, 3.05) is 19.4 Å². The second kappa shape index (κ2) is 6.66. The number of morpholine rings is 1. The summed E-state index contributed by atoms with van der Waals surface area (Å²) in [5.41, 5.74) is 4.69. The Morgan fingerprint density at radius 1 is 1.44 bits per heavy atom. The zero-order chi connectivity index (χ0) is 20.2. The first-order chi connectivity index (χ1) is 12.5. The zero-order valence-electron chi connectivity index (χ0n) is 17.4. The quantitative estimate of drug-likeness (QED) is 0.762. The monoisotopic (exact) mass is 396 g/mol. The number of fused-ring (bicyclic) bond motifs is 2. The maximum absolute atomic E-state index is 12.4. The van der Waals surface area contributed by atoms with Gasteiger partial charge in [0.05, 0.1) is 19.8 Å². The molecule has 2 aliphatic heterocycles. The second-order valence-electron chi connectivity index (χ2n) is 9.02. The van der Waals surface area contributed by atoms with Gasteiger partial charge in [-0.2, -0.15) is 10.0 Å². The largest absolute Gasteiger partial charge is 0.409 e. The average molecular weight is 397 g/mol. The highest BCUT2D eigenvalue weighted by Gasteiger charge is 2.66. The molecular weight excluding hydrogens is 364 g/mol. The number of nitrogens with zero attached hydrogens (tertiary/aromatic N) is 3.